The van der Waals surface area contributed by atoms with Gasteiger partial charge in [0.25, 0.3) is 0 Å². The van der Waals surface area contributed by atoms with E-state index in [1.807, 2.05) is 12.3 Å². The van der Waals surface area contributed by atoms with Gasteiger partial charge in [0.15, 0.2) is 0 Å². The summed E-state index contributed by atoms with van der Waals surface area (Å²) in [5.74, 6) is 0. The molecular weight excluding hydrogens is 320 g/mol. The maximum absolute atomic E-state index is 11.9. The molecule has 6 heteroatoms. The average Bonchev–Trinajstić information content (AvgIpc) is 3.19. The van der Waals surface area contributed by atoms with Gasteiger partial charge in [-0.25, -0.2) is 9.78 Å². The van der Waals surface area contributed by atoms with E-state index in [1.165, 1.54) is 11.3 Å². The lowest BCUT2D eigenvalue weighted by Crippen LogP contribution is -2.45. The normalized spacial score (nSPS) is 14.3. The number of nitrogens with one attached hydrogen (secondary N) is 2. The van der Waals surface area contributed by atoms with Crippen LogP contribution in [0.25, 0.3) is 0 Å². The second-order valence-electron chi connectivity index (χ2n) is 6.17. The number of thiazole rings is 1. The highest BCUT2D eigenvalue weighted by atomic mass is 32.1. The number of benzene rings is 1. The molecule has 1 atom stereocenters. The van der Waals surface area contributed by atoms with Crippen LogP contribution in [0, 0.1) is 6.92 Å². The van der Waals surface area contributed by atoms with Crippen molar-refractivity contribution >= 4 is 23.1 Å². The fourth-order valence-corrected chi connectivity index (χ4v) is 3.71. The van der Waals surface area contributed by atoms with E-state index in [9.17, 15) is 4.79 Å². The molecule has 5 nitrogen and oxygen atoms in total. The summed E-state index contributed by atoms with van der Waals surface area (Å²) in [6.45, 7) is 6.41. The number of anilines is 1. The van der Waals surface area contributed by atoms with Crippen molar-refractivity contribution in [3.8, 4) is 0 Å². The first-order chi connectivity index (χ1) is 11.6. The van der Waals surface area contributed by atoms with Crippen LogP contribution in [0.5, 0.6) is 0 Å². The third-order valence-corrected chi connectivity index (χ3v) is 5.17. The number of carbonyl (C=O) groups is 1. The molecule has 1 aromatic heterocycles. The van der Waals surface area contributed by atoms with Gasteiger partial charge in [0.1, 0.15) is 0 Å². The van der Waals surface area contributed by atoms with Crippen molar-refractivity contribution in [3.63, 3.8) is 0 Å². The van der Waals surface area contributed by atoms with E-state index in [-0.39, 0.29) is 12.1 Å². The number of amides is 2. The molecule has 0 bridgehead atoms. The molecule has 0 saturated carbocycles. The van der Waals surface area contributed by atoms with Crippen LogP contribution in [-0.4, -0.2) is 36.7 Å². The Morgan fingerprint density at radius 2 is 2.21 bits per heavy atom. The van der Waals surface area contributed by atoms with Crippen molar-refractivity contribution in [1.82, 2.24) is 15.6 Å². The molecule has 0 saturated heterocycles. The van der Waals surface area contributed by atoms with Crippen LogP contribution in [0.2, 0.25) is 0 Å². The highest BCUT2D eigenvalue weighted by Crippen LogP contribution is 2.28. The van der Waals surface area contributed by atoms with Gasteiger partial charge in [-0.05, 0) is 31.9 Å². The molecule has 128 valence electrons. The zero-order valence-electron chi connectivity index (χ0n) is 14.2. The Hall–Kier alpha value is -2.08. The highest BCUT2D eigenvalue weighted by molar-refractivity contribution is 7.09. The molecule has 1 aliphatic rings. The molecule has 0 radical (unpaired) electrons. The Kier molecular flexibility index (Phi) is 5.35. The standard InChI is InChI=1S/C18H24N4OS/c1-13(22-10-8-15-5-3-4-6-17(15)22)11-20-18(23)19-9-7-16-12-24-14(2)21-16/h3-6,12-13H,7-11H2,1-2H3,(H2,19,20,23). The maximum atomic E-state index is 11.9. The number of hydrogen-bond donors (Lipinski definition) is 2. The minimum absolute atomic E-state index is 0.110. The van der Waals surface area contributed by atoms with Gasteiger partial charge in [-0.2, -0.15) is 0 Å². The third kappa shape index (κ3) is 4.06. The second kappa shape index (κ2) is 7.66. The largest absolute Gasteiger partial charge is 0.366 e. The van der Waals surface area contributed by atoms with Crippen LogP contribution in [0.4, 0.5) is 10.5 Å². The summed E-state index contributed by atoms with van der Waals surface area (Å²) in [6.07, 6.45) is 1.85. The van der Waals surface area contributed by atoms with E-state index in [0.717, 1.165) is 30.1 Å². The molecule has 2 heterocycles. The lowest BCUT2D eigenvalue weighted by Gasteiger charge is -2.27. The summed E-state index contributed by atoms with van der Waals surface area (Å²) in [6, 6.07) is 8.67. The third-order valence-electron chi connectivity index (χ3n) is 4.35. The molecule has 2 N–H and O–H groups in total. The van der Waals surface area contributed by atoms with Crippen molar-refractivity contribution in [1.29, 1.82) is 0 Å². The summed E-state index contributed by atoms with van der Waals surface area (Å²) >= 11 is 1.64. The summed E-state index contributed by atoms with van der Waals surface area (Å²) < 4.78 is 0. The Bertz CT molecular complexity index is 700. The zero-order chi connectivity index (χ0) is 16.9. The van der Waals surface area contributed by atoms with Crippen molar-refractivity contribution in [2.75, 3.05) is 24.5 Å². The monoisotopic (exact) mass is 344 g/mol. The predicted molar refractivity (Wildman–Crippen MR) is 98.9 cm³/mol. The van der Waals surface area contributed by atoms with Crippen LogP contribution >= 0.6 is 11.3 Å². The molecule has 1 aromatic carbocycles. The van der Waals surface area contributed by atoms with Gasteiger partial charge >= 0.3 is 6.03 Å². The lowest BCUT2D eigenvalue weighted by atomic mass is 10.2. The Labute approximate surface area is 147 Å². The molecule has 3 rings (SSSR count). The van der Waals surface area contributed by atoms with Gasteiger partial charge in [0, 0.05) is 43.2 Å². The first-order valence-corrected chi connectivity index (χ1v) is 9.28. The molecule has 1 aliphatic heterocycles. The minimum atomic E-state index is -0.110. The van der Waals surface area contributed by atoms with E-state index < -0.39 is 0 Å². The SMILES string of the molecule is Cc1nc(CCNC(=O)NCC(C)N2CCc3ccccc32)cs1. The summed E-state index contributed by atoms with van der Waals surface area (Å²) in [5, 5.41) is 8.98. The number of hydrogen-bond acceptors (Lipinski definition) is 4. The fraction of sp³-hybridized carbons (Fsp3) is 0.444. The number of nitrogens with zero attached hydrogens (tertiary/aromatic N) is 2. The Morgan fingerprint density at radius 1 is 1.38 bits per heavy atom. The number of aromatic nitrogens is 1. The van der Waals surface area contributed by atoms with Gasteiger partial charge in [-0.15, -0.1) is 11.3 Å². The van der Waals surface area contributed by atoms with Crippen LogP contribution in [0.1, 0.15) is 23.2 Å². The van der Waals surface area contributed by atoms with E-state index in [4.69, 9.17) is 0 Å². The van der Waals surface area contributed by atoms with Gasteiger partial charge in [0.05, 0.1) is 10.7 Å². The maximum Gasteiger partial charge on any atom is 0.314 e. The summed E-state index contributed by atoms with van der Waals surface area (Å²) in [4.78, 5) is 18.7. The van der Waals surface area contributed by atoms with Crippen LogP contribution in [0.15, 0.2) is 29.6 Å². The number of para-hydroxylation sites is 1. The van der Waals surface area contributed by atoms with Crippen molar-refractivity contribution in [3.05, 3.63) is 45.9 Å². The topological polar surface area (TPSA) is 57.3 Å². The molecular formula is C18H24N4OS. The molecule has 0 spiro atoms. The minimum Gasteiger partial charge on any atom is -0.366 e. The number of urea groups is 1. The van der Waals surface area contributed by atoms with Gasteiger partial charge in [0.2, 0.25) is 0 Å². The second-order valence-corrected chi connectivity index (χ2v) is 7.23. The summed E-state index contributed by atoms with van der Waals surface area (Å²) in [5.41, 5.74) is 3.73. The van der Waals surface area contributed by atoms with Gasteiger partial charge in [-0.3, -0.25) is 0 Å². The quantitative estimate of drug-likeness (QED) is 0.847. The molecule has 24 heavy (non-hydrogen) atoms. The number of carbonyl (C=O) groups excluding carboxylic acids is 1. The smallest absolute Gasteiger partial charge is 0.314 e. The first kappa shape index (κ1) is 16.8. The molecule has 0 fully saturated rings. The van der Waals surface area contributed by atoms with Crippen LogP contribution in [0.3, 0.4) is 0 Å². The van der Waals surface area contributed by atoms with Crippen molar-refractivity contribution in [2.45, 2.75) is 32.7 Å². The molecule has 2 aromatic rings. The average molecular weight is 344 g/mol. The van der Waals surface area contributed by atoms with Gasteiger partial charge in [-0.1, -0.05) is 18.2 Å². The zero-order valence-corrected chi connectivity index (χ0v) is 15.0. The lowest BCUT2D eigenvalue weighted by molar-refractivity contribution is 0.240. The van der Waals surface area contributed by atoms with E-state index in [2.05, 4.69) is 51.7 Å². The Morgan fingerprint density at radius 3 is 3.00 bits per heavy atom. The van der Waals surface area contributed by atoms with E-state index in [0.29, 0.717) is 13.1 Å². The van der Waals surface area contributed by atoms with Gasteiger partial charge < -0.3 is 15.5 Å². The van der Waals surface area contributed by atoms with E-state index >= 15 is 0 Å². The van der Waals surface area contributed by atoms with Crippen LogP contribution in [-0.2, 0) is 12.8 Å². The highest BCUT2D eigenvalue weighted by Gasteiger charge is 2.22. The van der Waals surface area contributed by atoms with Crippen molar-refractivity contribution in [2.24, 2.45) is 0 Å². The summed E-state index contributed by atoms with van der Waals surface area (Å²) in [7, 11) is 0. The first-order valence-electron chi connectivity index (χ1n) is 8.41. The molecule has 1 unspecified atom stereocenters. The predicted octanol–water partition coefficient (Wildman–Crippen LogP) is 2.74. The van der Waals surface area contributed by atoms with Crippen molar-refractivity contribution < 1.29 is 4.79 Å². The molecule has 2 amide bonds. The Balaban J connectivity index is 1.40. The number of rotatable bonds is 6. The van der Waals surface area contributed by atoms with Crippen LogP contribution < -0.4 is 15.5 Å². The number of aryl methyl sites for hydroxylation is 1. The van der Waals surface area contributed by atoms with E-state index in [1.54, 1.807) is 11.3 Å². The fourth-order valence-electron chi connectivity index (χ4n) is 3.06. The number of fused-ring (bicyclic) bond motifs is 1. The molecule has 0 aliphatic carbocycles.